The molecule has 0 unspecified atom stereocenters. The lowest BCUT2D eigenvalue weighted by Gasteiger charge is -2.18. The van der Waals surface area contributed by atoms with Crippen LogP contribution in [0.25, 0.3) is 10.9 Å². The van der Waals surface area contributed by atoms with Crippen molar-refractivity contribution in [2.75, 3.05) is 11.4 Å². The van der Waals surface area contributed by atoms with Gasteiger partial charge in [-0.1, -0.05) is 17.3 Å². The Bertz CT molecular complexity index is 929. The molecule has 0 fully saturated rings. The highest BCUT2D eigenvalue weighted by molar-refractivity contribution is 5.92. The van der Waals surface area contributed by atoms with E-state index in [0.717, 1.165) is 5.69 Å². The molecule has 2 aromatic heterocycles. The molecule has 0 aliphatic carbocycles. The summed E-state index contributed by atoms with van der Waals surface area (Å²) < 4.78 is 2.88. The van der Waals surface area contributed by atoms with E-state index < -0.39 is 0 Å². The summed E-state index contributed by atoms with van der Waals surface area (Å²) in [5.74, 6) is -0.0904. The van der Waals surface area contributed by atoms with Crippen LogP contribution < -0.4 is 10.5 Å². The summed E-state index contributed by atoms with van der Waals surface area (Å²) in [6.45, 7) is 2.61. The summed E-state index contributed by atoms with van der Waals surface area (Å²) in [5, 5.41) is 12.5. The molecule has 0 spiro atoms. The lowest BCUT2D eigenvalue weighted by molar-refractivity contribution is -0.118. The smallest absolute Gasteiger partial charge is 0.277 e. The summed E-state index contributed by atoms with van der Waals surface area (Å²) >= 11 is 0. The number of fused-ring (bicyclic) bond motifs is 1. The van der Waals surface area contributed by atoms with Crippen molar-refractivity contribution in [3.63, 3.8) is 0 Å². The first-order valence-electron chi connectivity index (χ1n) is 7.71. The van der Waals surface area contributed by atoms with Gasteiger partial charge < -0.3 is 4.90 Å². The molecule has 0 aliphatic heterocycles. The number of aryl methyl sites for hydroxylation is 2. The number of carbonyl (C=O) groups is 1. The zero-order valence-corrected chi connectivity index (χ0v) is 13.6. The number of rotatable bonds is 5. The lowest BCUT2D eigenvalue weighted by atomic mass is 10.2. The van der Waals surface area contributed by atoms with E-state index in [-0.39, 0.29) is 24.4 Å². The van der Waals surface area contributed by atoms with Crippen LogP contribution in [0, 0.1) is 0 Å². The highest BCUT2D eigenvalue weighted by atomic mass is 16.2. The number of carbonyl (C=O) groups excluding carboxylic acids is 1. The van der Waals surface area contributed by atoms with Crippen molar-refractivity contribution >= 4 is 22.5 Å². The Kier molecular flexibility index (Phi) is 4.37. The van der Waals surface area contributed by atoms with Crippen LogP contribution in [0.5, 0.6) is 0 Å². The van der Waals surface area contributed by atoms with E-state index in [1.54, 1.807) is 53.3 Å². The Morgan fingerprint density at radius 3 is 2.79 bits per heavy atom. The number of anilines is 1. The van der Waals surface area contributed by atoms with Crippen molar-refractivity contribution in [3.8, 4) is 0 Å². The maximum Gasteiger partial charge on any atom is 0.277 e. The minimum Gasteiger partial charge on any atom is -0.310 e. The van der Waals surface area contributed by atoms with Gasteiger partial charge in [0.05, 0.1) is 23.8 Å². The molecule has 0 radical (unpaired) electrons. The molecule has 124 valence electrons. The topological polar surface area (TPSA) is 85.9 Å². The highest BCUT2D eigenvalue weighted by Gasteiger charge is 2.16. The van der Waals surface area contributed by atoms with Gasteiger partial charge in [-0.05, 0) is 19.1 Å². The SMILES string of the molecule is CCN(C(=O)CCn1nnc2ccccc2c1=O)c1cnn(C)c1. The minimum atomic E-state index is -0.238. The highest BCUT2D eigenvalue weighted by Crippen LogP contribution is 2.13. The third-order valence-electron chi connectivity index (χ3n) is 3.79. The first-order chi connectivity index (χ1) is 11.6. The summed E-state index contributed by atoms with van der Waals surface area (Å²) in [6, 6.07) is 7.03. The minimum absolute atomic E-state index is 0.0904. The number of hydrogen-bond acceptors (Lipinski definition) is 5. The monoisotopic (exact) mass is 326 g/mol. The molecule has 24 heavy (non-hydrogen) atoms. The van der Waals surface area contributed by atoms with Crippen molar-refractivity contribution in [1.82, 2.24) is 24.8 Å². The van der Waals surface area contributed by atoms with Crippen LogP contribution >= 0.6 is 0 Å². The molecular formula is C16H18N6O2. The molecule has 1 aromatic carbocycles. The first kappa shape index (κ1) is 15.9. The predicted octanol–water partition coefficient (Wildman–Crippen LogP) is 0.968. The van der Waals surface area contributed by atoms with Crippen LogP contribution in [0.4, 0.5) is 5.69 Å². The lowest BCUT2D eigenvalue weighted by Crippen LogP contribution is -2.33. The Hall–Kier alpha value is -3.03. The molecule has 0 atom stereocenters. The van der Waals surface area contributed by atoms with E-state index in [0.29, 0.717) is 17.4 Å². The molecule has 0 bridgehead atoms. The van der Waals surface area contributed by atoms with Crippen molar-refractivity contribution in [2.45, 2.75) is 19.9 Å². The Balaban J connectivity index is 1.76. The number of aromatic nitrogens is 5. The van der Waals surface area contributed by atoms with Gasteiger partial charge in [-0.3, -0.25) is 14.3 Å². The molecule has 8 nitrogen and oxygen atoms in total. The third-order valence-corrected chi connectivity index (χ3v) is 3.79. The van der Waals surface area contributed by atoms with E-state index in [9.17, 15) is 9.59 Å². The maximum atomic E-state index is 12.5. The van der Waals surface area contributed by atoms with Crippen LogP contribution in [0.2, 0.25) is 0 Å². The van der Waals surface area contributed by atoms with Gasteiger partial charge in [-0.2, -0.15) is 5.10 Å². The quantitative estimate of drug-likeness (QED) is 0.697. The average Bonchev–Trinajstić information content (AvgIpc) is 3.01. The van der Waals surface area contributed by atoms with Crippen LogP contribution in [-0.4, -0.2) is 37.2 Å². The largest absolute Gasteiger partial charge is 0.310 e. The van der Waals surface area contributed by atoms with E-state index in [1.807, 2.05) is 6.92 Å². The molecule has 2 heterocycles. The van der Waals surface area contributed by atoms with Gasteiger partial charge in [0.25, 0.3) is 5.56 Å². The summed E-state index contributed by atoms with van der Waals surface area (Å²) in [6.07, 6.45) is 3.59. The second-order valence-corrected chi connectivity index (χ2v) is 5.40. The fourth-order valence-corrected chi connectivity index (χ4v) is 2.56. The van der Waals surface area contributed by atoms with Gasteiger partial charge >= 0.3 is 0 Å². The van der Waals surface area contributed by atoms with Gasteiger partial charge in [-0.25, -0.2) is 4.68 Å². The molecule has 0 saturated carbocycles. The molecule has 8 heteroatoms. The van der Waals surface area contributed by atoms with Crippen molar-refractivity contribution in [1.29, 1.82) is 0 Å². The molecule has 0 saturated heterocycles. The fourth-order valence-electron chi connectivity index (χ4n) is 2.56. The standard InChI is InChI=1S/C16H18N6O2/c1-3-21(12-10-17-20(2)11-12)15(23)8-9-22-16(24)13-6-4-5-7-14(13)18-19-22/h4-7,10-11H,3,8-9H2,1-2H3. The Morgan fingerprint density at radius 2 is 2.08 bits per heavy atom. The van der Waals surface area contributed by atoms with E-state index in [4.69, 9.17) is 0 Å². The second-order valence-electron chi connectivity index (χ2n) is 5.40. The fraction of sp³-hybridized carbons (Fsp3) is 0.312. The number of nitrogens with zero attached hydrogens (tertiary/aromatic N) is 6. The van der Waals surface area contributed by atoms with Gasteiger partial charge in [0.15, 0.2) is 0 Å². The predicted molar refractivity (Wildman–Crippen MR) is 89.7 cm³/mol. The summed E-state index contributed by atoms with van der Waals surface area (Å²) in [5.41, 5.74) is 1.05. The van der Waals surface area contributed by atoms with Gasteiger partial charge in [0.2, 0.25) is 5.91 Å². The second kappa shape index (κ2) is 6.61. The number of hydrogen-bond donors (Lipinski definition) is 0. The summed E-state index contributed by atoms with van der Waals surface area (Å²) in [4.78, 5) is 26.5. The Labute approximate surface area is 138 Å². The number of benzene rings is 1. The molecule has 3 rings (SSSR count). The summed E-state index contributed by atoms with van der Waals surface area (Å²) in [7, 11) is 1.80. The van der Waals surface area contributed by atoms with Crippen LogP contribution in [0.3, 0.4) is 0 Å². The van der Waals surface area contributed by atoms with Crippen LogP contribution in [0.1, 0.15) is 13.3 Å². The van der Waals surface area contributed by atoms with Crippen molar-refractivity contribution in [3.05, 3.63) is 47.0 Å². The number of amides is 1. The first-order valence-corrected chi connectivity index (χ1v) is 7.71. The third kappa shape index (κ3) is 3.03. The molecule has 3 aromatic rings. The maximum absolute atomic E-state index is 12.5. The molecule has 0 N–H and O–H groups in total. The van der Waals surface area contributed by atoms with E-state index in [1.165, 1.54) is 4.68 Å². The zero-order valence-electron chi connectivity index (χ0n) is 13.6. The van der Waals surface area contributed by atoms with Gasteiger partial charge in [-0.15, -0.1) is 5.10 Å². The molecule has 1 amide bonds. The van der Waals surface area contributed by atoms with Crippen LogP contribution in [0.15, 0.2) is 41.5 Å². The Morgan fingerprint density at radius 1 is 1.29 bits per heavy atom. The molecular weight excluding hydrogens is 308 g/mol. The van der Waals surface area contributed by atoms with E-state index >= 15 is 0 Å². The molecule has 0 aliphatic rings. The van der Waals surface area contributed by atoms with Gasteiger partial charge in [0.1, 0.15) is 5.52 Å². The normalized spacial score (nSPS) is 10.9. The van der Waals surface area contributed by atoms with Crippen LogP contribution in [-0.2, 0) is 18.4 Å². The van der Waals surface area contributed by atoms with Crippen molar-refractivity contribution in [2.24, 2.45) is 7.05 Å². The zero-order chi connectivity index (χ0) is 17.1. The average molecular weight is 326 g/mol. The van der Waals surface area contributed by atoms with Gasteiger partial charge in [0, 0.05) is 26.2 Å². The van der Waals surface area contributed by atoms with Crippen molar-refractivity contribution < 1.29 is 4.79 Å². The van der Waals surface area contributed by atoms with E-state index in [2.05, 4.69) is 15.4 Å².